The van der Waals surface area contributed by atoms with E-state index in [1.807, 2.05) is 12.1 Å². The summed E-state index contributed by atoms with van der Waals surface area (Å²) in [7, 11) is 1.70. The molecule has 236 valence electrons. The first-order chi connectivity index (χ1) is 24.1. The Morgan fingerprint density at radius 2 is 0.694 bits per heavy atom. The minimum Gasteiger partial charge on any atom is -0.497 e. The summed E-state index contributed by atoms with van der Waals surface area (Å²) in [5.41, 5.74) is 10.2. The normalized spacial score (nSPS) is 11.1. The van der Waals surface area contributed by atoms with Crippen LogP contribution in [0, 0.1) is 6.92 Å². The fourth-order valence-electron chi connectivity index (χ4n) is 6.56. The Balaban J connectivity index is 1.13. The molecule has 0 aliphatic rings. The third-order valence-corrected chi connectivity index (χ3v) is 9.19. The summed E-state index contributed by atoms with van der Waals surface area (Å²) in [6.45, 7) is 2.13. The lowest BCUT2D eigenvalue weighted by Gasteiger charge is -2.27. The van der Waals surface area contributed by atoms with E-state index in [4.69, 9.17) is 4.74 Å². The highest BCUT2D eigenvalue weighted by atomic mass is 16.5. The van der Waals surface area contributed by atoms with E-state index in [-0.39, 0.29) is 0 Å². The molecule has 0 bridgehead atoms. The van der Waals surface area contributed by atoms with E-state index in [0.717, 1.165) is 45.4 Å². The number of benzene rings is 8. The lowest BCUT2D eigenvalue weighted by atomic mass is 10.0. The van der Waals surface area contributed by atoms with Crippen LogP contribution < -0.4 is 14.5 Å². The maximum atomic E-state index is 5.46. The monoisotopic (exact) mass is 632 g/mol. The molecule has 0 saturated heterocycles. The van der Waals surface area contributed by atoms with E-state index in [0.29, 0.717) is 0 Å². The van der Waals surface area contributed by atoms with Crippen LogP contribution in [-0.4, -0.2) is 7.11 Å². The first-order valence-electron chi connectivity index (χ1n) is 16.6. The van der Waals surface area contributed by atoms with Crippen molar-refractivity contribution >= 4 is 55.7 Å². The number of aryl methyl sites for hydroxylation is 1. The molecule has 0 fully saturated rings. The summed E-state index contributed by atoms with van der Waals surface area (Å²) in [6.07, 6.45) is 0. The molecule has 8 aromatic rings. The fourth-order valence-corrected chi connectivity index (χ4v) is 6.56. The number of hydrogen-bond donors (Lipinski definition) is 0. The standard InChI is InChI=1S/C46H36N2O/c1-33-11-19-40(20-12-33)47(44-25-17-34-7-3-5-9-38(34)31-44)41-21-13-36(14-22-41)37-15-23-42(24-16-37)48(43-27-29-46(49-2)30-28-43)45-26-18-35-8-4-6-10-39(35)32-45/h3-32H,1-2H3. The molecule has 0 aliphatic heterocycles. The summed E-state index contributed by atoms with van der Waals surface area (Å²) in [6, 6.07) is 65.0. The predicted molar refractivity (Wildman–Crippen MR) is 208 cm³/mol. The van der Waals surface area contributed by atoms with Gasteiger partial charge in [-0.15, -0.1) is 0 Å². The molecule has 8 rings (SSSR count). The van der Waals surface area contributed by atoms with Gasteiger partial charge in [0, 0.05) is 34.1 Å². The molecular formula is C46H36N2O. The summed E-state index contributed by atoms with van der Waals surface area (Å²) in [4.78, 5) is 4.62. The zero-order valence-electron chi connectivity index (χ0n) is 27.6. The van der Waals surface area contributed by atoms with Gasteiger partial charge in [-0.3, -0.25) is 0 Å². The molecule has 0 heterocycles. The maximum Gasteiger partial charge on any atom is 0.119 e. The zero-order chi connectivity index (χ0) is 33.2. The average Bonchev–Trinajstić information content (AvgIpc) is 3.16. The van der Waals surface area contributed by atoms with Crippen LogP contribution >= 0.6 is 0 Å². The third-order valence-electron chi connectivity index (χ3n) is 9.19. The molecule has 0 spiro atoms. The third kappa shape index (κ3) is 6.10. The van der Waals surface area contributed by atoms with E-state index in [2.05, 4.69) is 187 Å². The molecule has 0 aliphatic carbocycles. The molecule has 0 amide bonds. The van der Waals surface area contributed by atoms with Crippen molar-refractivity contribution in [3.05, 3.63) is 188 Å². The number of nitrogens with zero attached hydrogens (tertiary/aromatic N) is 2. The highest BCUT2D eigenvalue weighted by Gasteiger charge is 2.16. The van der Waals surface area contributed by atoms with Gasteiger partial charge in [0.1, 0.15) is 5.75 Å². The van der Waals surface area contributed by atoms with Crippen molar-refractivity contribution in [3.8, 4) is 16.9 Å². The van der Waals surface area contributed by atoms with Crippen LogP contribution in [0.1, 0.15) is 5.56 Å². The molecule has 0 aromatic heterocycles. The second-order valence-electron chi connectivity index (χ2n) is 12.4. The molecular weight excluding hydrogens is 597 g/mol. The number of methoxy groups -OCH3 is 1. The molecule has 8 aromatic carbocycles. The number of hydrogen-bond acceptors (Lipinski definition) is 3. The van der Waals surface area contributed by atoms with Gasteiger partial charge in [-0.2, -0.15) is 0 Å². The van der Waals surface area contributed by atoms with E-state index in [1.165, 1.54) is 32.7 Å². The van der Waals surface area contributed by atoms with Crippen molar-refractivity contribution < 1.29 is 4.74 Å². The molecule has 3 nitrogen and oxygen atoms in total. The van der Waals surface area contributed by atoms with Crippen LogP contribution in [0.15, 0.2) is 182 Å². The summed E-state index contributed by atoms with van der Waals surface area (Å²) >= 11 is 0. The summed E-state index contributed by atoms with van der Waals surface area (Å²) < 4.78 is 5.46. The maximum absolute atomic E-state index is 5.46. The van der Waals surface area contributed by atoms with Gasteiger partial charge in [0.05, 0.1) is 7.11 Å². The van der Waals surface area contributed by atoms with Crippen LogP contribution in [-0.2, 0) is 0 Å². The van der Waals surface area contributed by atoms with Crippen LogP contribution in [0.2, 0.25) is 0 Å². The van der Waals surface area contributed by atoms with Crippen molar-refractivity contribution in [3.63, 3.8) is 0 Å². The first kappa shape index (κ1) is 30.0. The zero-order valence-corrected chi connectivity index (χ0v) is 27.6. The summed E-state index contributed by atoms with van der Waals surface area (Å²) in [5, 5.41) is 4.89. The number of fused-ring (bicyclic) bond motifs is 2. The second-order valence-corrected chi connectivity index (χ2v) is 12.4. The van der Waals surface area contributed by atoms with Gasteiger partial charge >= 0.3 is 0 Å². The largest absolute Gasteiger partial charge is 0.497 e. The van der Waals surface area contributed by atoms with Crippen molar-refractivity contribution in [2.24, 2.45) is 0 Å². The molecule has 3 heteroatoms. The minimum atomic E-state index is 0.836. The van der Waals surface area contributed by atoms with Crippen molar-refractivity contribution in [2.45, 2.75) is 6.92 Å². The Morgan fingerprint density at radius 3 is 1.10 bits per heavy atom. The van der Waals surface area contributed by atoms with E-state index < -0.39 is 0 Å². The van der Waals surface area contributed by atoms with E-state index >= 15 is 0 Å². The van der Waals surface area contributed by atoms with Crippen LogP contribution in [0.3, 0.4) is 0 Å². The predicted octanol–water partition coefficient (Wildman–Crippen LogP) is 12.9. The van der Waals surface area contributed by atoms with Crippen molar-refractivity contribution in [1.29, 1.82) is 0 Å². The van der Waals surface area contributed by atoms with Gasteiger partial charge < -0.3 is 14.5 Å². The highest BCUT2D eigenvalue weighted by molar-refractivity contribution is 5.91. The molecule has 49 heavy (non-hydrogen) atoms. The molecule has 0 atom stereocenters. The molecule has 0 N–H and O–H groups in total. The number of ether oxygens (including phenoxy) is 1. The van der Waals surface area contributed by atoms with Crippen LogP contribution in [0.4, 0.5) is 34.1 Å². The van der Waals surface area contributed by atoms with Gasteiger partial charge in [0.15, 0.2) is 0 Å². The molecule has 0 saturated carbocycles. The Labute approximate surface area is 287 Å². The smallest absolute Gasteiger partial charge is 0.119 e. The van der Waals surface area contributed by atoms with Gasteiger partial charge in [-0.1, -0.05) is 103 Å². The Hall–Kier alpha value is -6.32. The van der Waals surface area contributed by atoms with Gasteiger partial charge in [0.25, 0.3) is 0 Å². The Bertz CT molecular complexity index is 2360. The van der Waals surface area contributed by atoms with Gasteiger partial charge in [-0.05, 0) is 125 Å². The van der Waals surface area contributed by atoms with E-state index in [9.17, 15) is 0 Å². The van der Waals surface area contributed by atoms with Gasteiger partial charge in [-0.25, -0.2) is 0 Å². The van der Waals surface area contributed by atoms with Crippen molar-refractivity contribution in [1.82, 2.24) is 0 Å². The first-order valence-corrected chi connectivity index (χ1v) is 16.6. The lowest BCUT2D eigenvalue weighted by Crippen LogP contribution is -2.10. The highest BCUT2D eigenvalue weighted by Crippen LogP contribution is 2.39. The van der Waals surface area contributed by atoms with Crippen LogP contribution in [0.5, 0.6) is 5.75 Å². The quantitative estimate of drug-likeness (QED) is 0.166. The molecule has 0 radical (unpaired) electrons. The Kier molecular flexibility index (Phi) is 8.01. The summed E-state index contributed by atoms with van der Waals surface area (Å²) in [5.74, 6) is 0.836. The van der Waals surface area contributed by atoms with Gasteiger partial charge in [0.2, 0.25) is 0 Å². The Morgan fingerprint density at radius 1 is 0.347 bits per heavy atom. The molecule has 0 unspecified atom stereocenters. The van der Waals surface area contributed by atoms with E-state index in [1.54, 1.807) is 7.11 Å². The van der Waals surface area contributed by atoms with Crippen LogP contribution in [0.25, 0.3) is 32.7 Å². The topological polar surface area (TPSA) is 15.7 Å². The van der Waals surface area contributed by atoms with Crippen molar-refractivity contribution in [2.75, 3.05) is 16.9 Å². The number of rotatable bonds is 8. The second kappa shape index (κ2) is 13.1. The number of anilines is 6. The fraction of sp³-hybridized carbons (Fsp3) is 0.0435. The SMILES string of the molecule is COc1ccc(N(c2ccc(-c3ccc(N(c4ccc(C)cc4)c4ccc5ccccc5c4)cc3)cc2)c2ccc3ccccc3c2)cc1. The average molecular weight is 633 g/mol. The minimum absolute atomic E-state index is 0.836. The lowest BCUT2D eigenvalue weighted by molar-refractivity contribution is 0.415.